The first-order valence-corrected chi connectivity index (χ1v) is 7.23. The zero-order chi connectivity index (χ0) is 14.0. The summed E-state index contributed by atoms with van der Waals surface area (Å²) in [5.74, 6) is 0.629. The van der Waals surface area contributed by atoms with Gasteiger partial charge in [-0.05, 0) is 43.4 Å². The van der Waals surface area contributed by atoms with E-state index >= 15 is 0 Å². The quantitative estimate of drug-likeness (QED) is 0.838. The summed E-state index contributed by atoms with van der Waals surface area (Å²) in [7, 11) is 0. The Morgan fingerprint density at radius 1 is 1.47 bits per heavy atom. The number of carbonyl (C=O) groups is 1. The minimum atomic E-state index is 0.0353. The Morgan fingerprint density at radius 3 is 2.68 bits per heavy atom. The maximum atomic E-state index is 12.6. The fourth-order valence-electron chi connectivity index (χ4n) is 2.09. The Morgan fingerprint density at radius 2 is 2.16 bits per heavy atom. The van der Waals surface area contributed by atoms with Crippen molar-refractivity contribution in [3.05, 3.63) is 28.8 Å². The van der Waals surface area contributed by atoms with Gasteiger partial charge in [0.25, 0.3) is 5.91 Å². The molecule has 2 N–H and O–H groups in total. The molecular weight excluding hydrogens is 260 g/mol. The molecule has 0 saturated heterocycles. The second-order valence-corrected chi connectivity index (χ2v) is 6.06. The van der Waals surface area contributed by atoms with Gasteiger partial charge in [-0.15, -0.1) is 0 Å². The lowest BCUT2D eigenvalue weighted by Crippen LogP contribution is -2.34. The average Bonchev–Trinajstić information content (AvgIpc) is 3.13. The molecule has 1 fully saturated rings. The molecule has 0 radical (unpaired) electrons. The van der Waals surface area contributed by atoms with Gasteiger partial charge in [0, 0.05) is 18.3 Å². The minimum Gasteiger partial charge on any atom is -0.399 e. The van der Waals surface area contributed by atoms with Gasteiger partial charge in [-0.1, -0.05) is 25.4 Å². The monoisotopic (exact) mass is 280 g/mol. The van der Waals surface area contributed by atoms with E-state index in [1.54, 1.807) is 18.2 Å². The highest BCUT2D eigenvalue weighted by Crippen LogP contribution is 2.30. The Hall–Kier alpha value is -1.22. The number of nitrogens with zero attached hydrogens (tertiary/aromatic N) is 1. The molecule has 4 heteroatoms. The summed E-state index contributed by atoms with van der Waals surface area (Å²) in [5.41, 5.74) is 6.81. The first kappa shape index (κ1) is 14.2. The molecule has 1 aliphatic rings. The molecule has 0 aromatic heterocycles. The van der Waals surface area contributed by atoms with Crippen LogP contribution in [0.2, 0.25) is 5.02 Å². The van der Waals surface area contributed by atoms with Crippen molar-refractivity contribution in [1.82, 2.24) is 4.90 Å². The van der Waals surface area contributed by atoms with E-state index in [0.29, 0.717) is 28.2 Å². The van der Waals surface area contributed by atoms with Crippen LogP contribution in [-0.2, 0) is 0 Å². The summed E-state index contributed by atoms with van der Waals surface area (Å²) in [4.78, 5) is 14.5. The summed E-state index contributed by atoms with van der Waals surface area (Å²) < 4.78 is 0. The molecule has 19 heavy (non-hydrogen) atoms. The SMILES string of the molecule is CC(C)CCN(C(=O)c1ccc(N)cc1Cl)C1CC1. The van der Waals surface area contributed by atoms with E-state index in [9.17, 15) is 4.79 Å². The van der Waals surface area contributed by atoms with Crippen molar-refractivity contribution in [2.24, 2.45) is 5.92 Å². The summed E-state index contributed by atoms with van der Waals surface area (Å²) in [5, 5.41) is 0.445. The molecule has 0 unspecified atom stereocenters. The van der Waals surface area contributed by atoms with Gasteiger partial charge >= 0.3 is 0 Å². The van der Waals surface area contributed by atoms with E-state index in [2.05, 4.69) is 13.8 Å². The molecule has 1 aromatic rings. The second kappa shape index (κ2) is 5.83. The van der Waals surface area contributed by atoms with Crippen molar-refractivity contribution >= 4 is 23.2 Å². The first-order valence-electron chi connectivity index (χ1n) is 6.85. The van der Waals surface area contributed by atoms with Crippen LogP contribution in [-0.4, -0.2) is 23.4 Å². The molecule has 2 rings (SSSR count). The highest BCUT2D eigenvalue weighted by atomic mass is 35.5. The molecule has 1 aliphatic carbocycles. The summed E-state index contributed by atoms with van der Waals surface area (Å²) in [6.07, 6.45) is 3.24. The van der Waals surface area contributed by atoms with Crippen molar-refractivity contribution in [2.45, 2.75) is 39.2 Å². The molecular formula is C15H21ClN2O. The van der Waals surface area contributed by atoms with Crippen molar-refractivity contribution < 1.29 is 4.79 Å². The van der Waals surface area contributed by atoms with Crippen molar-refractivity contribution in [3.8, 4) is 0 Å². The van der Waals surface area contributed by atoms with E-state index in [-0.39, 0.29) is 5.91 Å². The number of hydrogen-bond donors (Lipinski definition) is 1. The molecule has 1 amide bonds. The van der Waals surface area contributed by atoms with Crippen LogP contribution in [0.15, 0.2) is 18.2 Å². The Balaban J connectivity index is 2.14. The lowest BCUT2D eigenvalue weighted by atomic mass is 10.1. The van der Waals surface area contributed by atoms with E-state index in [1.165, 1.54) is 0 Å². The number of rotatable bonds is 5. The zero-order valence-corrected chi connectivity index (χ0v) is 12.3. The highest BCUT2D eigenvalue weighted by Gasteiger charge is 2.33. The number of nitrogens with two attached hydrogens (primary N) is 1. The van der Waals surface area contributed by atoms with E-state index in [0.717, 1.165) is 25.8 Å². The fourth-order valence-corrected chi connectivity index (χ4v) is 2.36. The topological polar surface area (TPSA) is 46.3 Å². The van der Waals surface area contributed by atoms with E-state index in [1.807, 2.05) is 4.90 Å². The van der Waals surface area contributed by atoms with Crippen LogP contribution in [0.5, 0.6) is 0 Å². The third-order valence-electron chi connectivity index (χ3n) is 3.42. The summed E-state index contributed by atoms with van der Waals surface area (Å²) in [6, 6.07) is 5.50. The summed E-state index contributed by atoms with van der Waals surface area (Å²) in [6.45, 7) is 5.15. The Labute approximate surface area is 119 Å². The maximum Gasteiger partial charge on any atom is 0.255 e. The van der Waals surface area contributed by atoms with Gasteiger partial charge in [-0.2, -0.15) is 0 Å². The fraction of sp³-hybridized carbons (Fsp3) is 0.533. The number of nitrogen functional groups attached to an aromatic ring is 1. The smallest absolute Gasteiger partial charge is 0.255 e. The molecule has 104 valence electrons. The van der Waals surface area contributed by atoms with Crippen LogP contribution in [0, 0.1) is 5.92 Å². The number of amides is 1. The molecule has 0 heterocycles. The van der Waals surface area contributed by atoms with Crippen LogP contribution < -0.4 is 5.73 Å². The number of carbonyl (C=O) groups excluding carboxylic acids is 1. The van der Waals surface area contributed by atoms with Gasteiger partial charge in [-0.25, -0.2) is 0 Å². The van der Waals surface area contributed by atoms with Crippen LogP contribution >= 0.6 is 11.6 Å². The van der Waals surface area contributed by atoms with Gasteiger partial charge in [0.2, 0.25) is 0 Å². The number of halogens is 1. The van der Waals surface area contributed by atoms with Crippen molar-refractivity contribution in [2.75, 3.05) is 12.3 Å². The van der Waals surface area contributed by atoms with Gasteiger partial charge in [-0.3, -0.25) is 4.79 Å². The van der Waals surface area contributed by atoms with Gasteiger partial charge in [0.15, 0.2) is 0 Å². The third kappa shape index (κ3) is 3.63. The lowest BCUT2D eigenvalue weighted by Gasteiger charge is -2.24. The molecule has 3 nitrogen and oxygen atoms in total. The highest BCUT2D eigenvalue weighted by molar-refractivity contribution is 6.34. The maximum absolute atomic E-state index is 12.6. The van der Waals surface area contributed by atoms with Crippen LogP contribution in [0.25, 0.3) is 0 Å². The summed E-state index contributed by atoms with van der Waals surface area (Å²) >= 11 is 6.13. The number of anilines is 1. The van der Waals surface area contributed by atoms with Crippen LogP contribution in [0.1, 0.15) is 43.5 Å². The predicted molar refractivity (Wildman–Crippen MR) is 79.4 cm³/mol. The van der Waals surface area contributed by atoms with Gasteiger partial charge in [0.1, 0.15) is 0 Å². The molecule has 1 aromatic carbocycles. The first-order chi connectivity index (χ1) is 8.99. The Kier molecular flexibility index (Phi) is 4.35. The standard InChI is InChI=1S/C15H21ClN2O/c1-10(2)7-8-18(12-4-5-12)15(19)13-6-3-11(17)9-14(13)16/h3,6,9-10,12H,4-5,7-8,17H2,1-2H3. The van der Waals surface area contributed by atoms with Crippen LogP contribution in [0.3, 0.4) is 0 Å². The van der Waals surface area contributed by atoms with Crippen molar-refractivity contribution in [1.29, 1.82) is 0 Å². The largest absolute Gasteiger partial charge is 0.399 e. The lowest BCUT2D eigenvalue weighted by molar-refractivity contribution is 0.0735. The molecule has 0 bridgehead atoms. The minimum absolute atomic E-state index is 0.0353. The second-order valence-electron chi connectivity index (χ2n) is 5.65. The molecule has 0 aliphatic heterocycles. The number of benzene rings is 1. The normalized spacial score (nSPS) is 14.7. The molecule has 0 atom stereocenters. The predicted octanol–water partition coefficient (Wildman–Crippen LogP) is 3.57. The van der Waals surface area contributed by atoms with E-state index < -0.39 is 0 Å². The van der Waals surface area contributed by atoms with E-state index in [4.69, 9.17) is 17.3 Å². The number of hydrogen-bond acceptors (Lipinski definition) is 2. The van der Waals surface area contributed by atoms with Gasteiger partial charge < -0.3 is 10.6 Å². The zero-order valence-electron chi connectivity index (χ0n) is 11.5. The molecule has 1 saturated carbocycles. The third-order valence-corrected chi connectivity index (χ3v) is 3.73. The molecule has 0 spiro atoms. The van der Waals surface area contributed by atoms with Gasteiger partial charge in [0.05, 0.1) is 10.6 Å². The van der Waals surface area contributed by atoms with Crippen LogP contribution in [0.4, 0.5) is 5.69 Å². The Bertz CT molecular complexity index is 469. The van der Waals surface area contributed by atoms with Crippen molar-refractivity contribution in [3.63, 3.8) is 0 Å². The average molecular weight is 281 g/mol.